The van der Waals surface area contributed by atoms with Crippen LogP contribution in [-0.4, -0.2) is 58.8 Å². The molecule has 0 saturated carbocycles. The Morgan fingerprint density at radius 1 is 1.00 bits per heavy atom. The van der Waals surface area contributed by atoms with Crippen LogP contribution in [0.1, 0.15) is 30.7 Å². The second kappa shape index (κ2) is 11.3. The monoisotopic (exact) mass is 593 g/mol. The number of hydrogen-bond donors (Lipinski definition) is 0. The van der Waals surface area contributed by atoms with Gasteiger partial charge in [-0.15, -0.1) is 0 Å². The Morgan fingerprint density at radius 2 is 1.63 bits per heavy atom. The summed E-state index contributed by atoms with van der Waals surface area (Å²) in [6, 6.07) is 7.03. The lowest BCUT2D eigenvalue weighted by Gasteiger charge is -2.31. The summed E-state index contributed by atoms with van der Waals surface area (Å²) in [5.41, 5.74) is -3.48. The Bertz CT molecular complexity index is 1470. The third-order valence-corrected chi connectivity index (χ3v) is 6.46. The summed E-state index contributed by atoms with van der Waals surface area (Å²) in [6.45, 7) is 2.76. The molecule has 0 N–H and O–H groups in total. The van der Waals surface area contributed by atoms with Gasteiger partial charge in [-0.1, -0.05) is 0 Å². The van der Waals surface area contributed by atoms with Crippen molar-refractivity contribution in [2.45, 2.75) is 44.5 Å². The Morgan fingerprint density at radius 3 is 2.22 bits per heavy atom. The number of nitrogens with zero attached hydrogens (tertiary/aromatic N) is 3. The highest BCUT2D eigenvalue weighted by Gasteiger charge is 2.44. The molecule has 0 aliphatic carbocycles. The van der Waals surface area contributed by atoms with Crippen LogP contribution in [0.5, 0.6) is 11.5 Å². The van der Waals surface area contributed by atoms with E-state index >= 15 is 0 Å². The number of likely N-dealkylation sites (tertiary alicyclic amines) is 1. The molecule has 2 aromatic carbocycles. The molecule has 1 saturated heterocycles. The van der Waals surface area contributed by atoms with Crippen molar-refractivity contribution in [3.8, 4) is 17.2 Å². The summed E-state index contributed by atoms with van der Waals surface area (Å²) in [5, 5.41) is -1.08. The molecule has 222 valence electrons. The lowest BCUT2D eigenvalue weighted by molar-refractivity contribution is -0.190. The highest BCUT2D eigenvalue weighted by molar-refractivity contribution is 5.87. The van der Waals surface area contributed by atoms with Crippen molar-refractivity contribution in [2.75, 3.05) is 26.2 Å². The first-order chi connectivity index (χ1) is 19.1. The molecule has 7 nitrogen and oxygen atoms in total. The van der Waals surface area contributed by atoms with Gasteiger partial charge in [0.25, 0.3) is 11.5 Å². The summed E-state index contributed by atoms with van der Waals surface area (Å²) < 4.78 is 117. The Balaban J connectivity index is 1.57. The molecule has 1 aliphatic heterocycles. The molecule has 3 aromatic rings. The number of piperidine rings is 1. The zero-order chi connectivity index (χ0) is 30.2. The second-order valence-electron chi connectivity index (χ2n) is 9.41. The Labute approximate surface area is 227 Å². The smallest absolute Gasteiger partial charge is 0.491 e. The average Bonchev–Trinajstić information content (AvgIpc) is 2.87. The Hall–Kier alpha value is -3.75. The summed E-state index contributed by atoms with van der Waals surface area (Å²) >= 11 is 0. The van der Waals surface area contributed by atoms with E-state index in [0.29, 0.717) is 24.8 Å². The van der Waals surface area contributed by atoms with Gasteiger partial charge >= 0.3 is 18.3 Å². The van der Waals surface area contributed by atoms with E-state index in [9.17, 15) is 44.7 Å². The molecule has 41 heavy (non-hydrogen) atoms. The number of esters is 1. The molecule has 0 radical (unpaired) electrons. The van der Waals surface area contributed by atoms with E-state index in [-0.39, 0.29) is 44.0 Å². The molecule has 4 rings (SSSR count). The van der Waals surface area contributed by atoms with Crippen molar-refractivity contribution >= 4 is 16.9 Å². The maximum atomic E-state index is 14.0. The lowest BCUT2D eigenvalue weighted by atomic mass is 10.1. The minimum Gasteiger partial charge on any atom is -0.494 e. The van der Waals surface area contributed by atoms with E-state index in [1.165, 1.54) is 31.2 Å². The molecule has 0 bridgehead atoms. The van der Waals surface area contributed by atoms with Crippen LogP contribution in [0.15, 0.2) is 41.2 Å². The lowest BCUT2D eigenvalue weighted by Crippen LogP contribution is -2.40. The highest BCUT2D eigenvalue weighted by atomic mass is 19.4. The number of ether oxygens (including phenoxy) is 2. The SMILES string of the molecule is Cc1nc2ccc(OC(=O)C(F)(F)F)c(C(F)(F)F)c2c(=O)n1-c1ccc(OCCCN2CCC(F)(F)CC2)cc1. The molecular weight excluding hydrogens is 570 g/mol. The number of aryl methyl sites for hydroxylation is 1. The maximum Gasteiger partial charge on any atom is 0.491 e. The molecule has 1 fully saturated rings. The first kappa shape index (κ1) is 30.2. The number of aromatic nitrogens is 2. The number of halogens is 8. The first-order valence-corrected chi connectivity index (χ1v) is 12.3. The minimum atomic E-state index is -5.57. The van der Waals surface area contributed by atoms with Gasteiger partial charge in [-0.05, 0) is 49.7 Å². The van der Waals surface area contributed by atoms with Gasteiger partial charge in [-0.25, -0.2) is 18.6 Å². The predicted octanol–water partition coefficient (Wildman–Crippen LogP) is 5.68. The first-order valence-electron chi connectivity index (χ1n) is 12.3. The second-order valence-corrected chi connectivity index (χ2v) is 9.41. The number of alkyl halides is 8. The molecule has 0 atom stereocenters. The summed E-state index contributed by atoms with van der Waals surface area (Å²) in [5.74, 6) is -6.64. The van der Waals surface area contributed by atoms with Gasteiger partial charge in [0.05, 0.1) is 23.2 Å². The maximum absolute atomic E-state index is 14.0. The normalized spacial score (nSPS) is 16.1. The fourth-order valence-corrected chi connectivity index (χ4v) is 4.47. The van der Waals surface area contributed by atoms with Gasteiger partial charge in [0.15, 0.2) is 0 Å². The molecule has 0 spiro atoms. The van der Waals surface area contributed by atoms with Crippen LogP contribution in [0, 0.1) is 6.92 Å². The van der Waals surface area contributed by atoms with E-state index < -0.39 is 52.0 Å². The molecule has 15 heteroatoms. The van der Waals surface area contributed by atoms with Gasteiger partial charge in [0.1, 0.15) is 22.9 Å². The number of carbonyl (C=O) groups excluding carboxylic acids is 1. The van der Waals surface area contributed by atoms with E-state index in [1.54, 1.807) is 0 Å². The summed E-state index contributed by atoms with van der Waals surface area (Å²) in [6.07, 6.45) is -10.8. The fraction of sp³-hybridized carbons (Fsp3) is 0.423. The zero-order valence-corrected chi connectivity index (χ0v) is 21.4. The standard InChI is InChI=1S/C26H23F8N3O4/c1-15-35-18-7-8-19(41-23(39)26(32,33)34)21(25(29,30)31)20(18)22(38)37(15)16-3-5-17(6-4-16)40-14-2-11-36-12-9-24(27,28)10-13-36/h3-8H,2,9-14H2,1H3. The number of carbonyl (C=O) groups is 1. The molecule has 0 amide bonds. The van der Waals surface area contributed by atoms with Crippen LogP contribution in [0.4, 0.5) is 35.1 Å². The van der Waals surface area contributed by atoms with Crippen molar-refractivity contribution in [1.29, 1.82) is 0 Å². The quantitative estimate of drug-likeness (QED) is 0.152. The van der Waals surface area contributed by atoms with E-state index in [2.05, 4.69) is 9.72 Å². The summed E-state index contributed by atoms with van der Waals surface area (Å²) in [4.78, 5) is 30.5. The highest BCUT2D eigenvalue weighted by Crippen LogP contribution is 2.40. The van der Waals surface area contributed by atoms with E-state index in [1.807, 2.05) is 4.90 Å². The van der Waals surface area contributed by atoms with Gasteiger partial charge < -0.3 is 14.4 Å². The van der Waals surface area contributed by atoms with Crippen molar-refractivity contribution in [2.24, 2.45) is 0 Å². The number of benzene rings is 2. The van der Waals surface area contributed by atoms with Gasteiger partial charge in [0, 0.05) is 32.5 Å². The van der Waals surface area contributed by atoms with Crippen molar-refractivity contribution in [3.05, 3.63) is 58.1 Å². The molecular formula is C26H23F8N3O4. The van der Waals surface area contributed by atoms with Crippen molar-refractivity contribution in [3.63, 3.8) is 0 Å². The van der Waals surface area contributed by atoms with Crippen LogP contribution < -0.4 is 15.0 Å². The van der Waals surface area contributed by atoms with Gasteiger partial charge in [-0.2, -0.15) is 26.3 Å². The molecule has 0 unspecified atom stereocenters. The van der Waals surface area contributed by atoms with Crippen LogP contribution in [-0.2, 0) is 11.0 Å². The van der Waals surface area contributed by atoms with Crippen molar-refractivity contribution in [1.82, 2.24) is 14.5 Å². The minimum absolute atomic E-state index is 0.0172. The number of rotatable bonds is 7. The third kappa shape index (κ3) is 6.94. The van der Waals surface area contributed by atoms with Crippen LogP contribution >= 0.6 is 0 Å². The van der Waals surface area contributed by atoms with E-state index in [4.69, 9.17) is 4.74 Å². The molecule has 2 heterocycles. The zero-order valence-electron chi connectivity index (χ0n) is 21.4. The van der Waals surface area contributed by atoms with Crippen LogP contribution in [0.25, 0.3) is 16.6 Å². The van der Waals surface area contributed by atoms with Crippen molar-refractivity contribution < 1.29 is 49.4 Å². The van der Waals surface area contributed by atoms with Gasteiger partial charge in [-0.3, -0.25) is 9.36 Å². The summed E-state index contributed by atoms with van der Waals surface area (Å²) in [7, 11) is 0. The predicted molar refractivity (Wildman–Crippen MR) is 130 cm³/mol. The largest absolute Gasteiger partial charge is 0.494 e. The fourth-order valence-electron chi connectivity index (χ4n) is 4.47. The molecule has 1 aliphatic rings. The Kier molecular flexibility index (Phi) is 8.30. The van der Waals surface area contributed by atoms with Gasteiger partial charge in [0.2, 0.25) is 0 Å². The average molecular weight is 593 g/mol. The third-order valence-electron chi connectivity index (χ3n) is 6.46. The van der Waals surface area contributed by atoms with Crippen LogP contribution in [0.3, 0.4) is 0 Å². The number of fused-ring (bicyclic) bond motifs is 1. The van der Waals surface area contributed by atoms with E-state index in [0.717, 1.165) is 10.6 Å². The molecule has 1 aromatic heterocycles. The van der Waals surface area contributed by atoms with Crippen LogP contribution in [0.2, 0.25) is 0 Å². The topological polar surface area (TPSA) is 73.7 Å². The number of hydrogen-bond acceptors (Lipinski definition) is 6.